The van der Waals surface area contributed by atoms with E-state index < -0.39 is 0 Å². The Morgan fingerprint density at radius 2 is 1.96 bits per heavy atom. The zero-order valence-corrected chi connectivity index (χ0v) is 15.2. The second-order valence-electron chi connectivity index (χ2n) is 5.64. The number of amides is 1. The van der Waals surface area contributed by atoms with Crippen LogP contribution in [0.4, 0.5) is 5.13 Å². The van der Waals surface area contributed by atoms with E-state index in [1.807, 2.05) is 37.3 Å². The van der Waals surface area contributed by atoms with Crippen molar-refractivity contribution in [3.8, 4) is 0 Å². The van der Waals surface area contributed by atoms with Crippen LogP contribution in [0, 0.1) is 5.92 Å². The summed E-state index contributed by atoms with van der Waals surface area (Å²) in [5.74, 6) is 0.897. The monoisotopic (exact) mass is 350 g/mol. The molecule has 5 nitrogen and oxygen atoms in total. The van der Waals surface area contributed by atoms with Crippen molar-refractivity contribution < 1.29 is 4.79 Å². The molecule has 7 heteroatoms. The first-order chi connectivity index (χ1) is 11.0. The smallest absolute Gasteiger partial charge is 0.230 e. The number of aromatic nitrogens is 2. The van der Waals surface area contributed by atoms with E-state index in [1.54, 1.807) is 0 Å². The van der Waals surface area contributed by atoms with Gasteiger partial charge in [0.15, 0.2) is 4.34 Å². The van der Waals surface area contributed by atoms with Gasteiger partial charge in [-0.25, -0.2) is 0 Å². The van der Waals surface area contributed by atoms with Crippen molar-refractivity contribution in [3.05, 3.63) is 35.9 Å². The van der Waals surface area contributed by atoms with E-state index in [0.29, 0.717) is 11.7 Å². The third-order valence-corrected chi connectivity index (χ3v) is 5.09. The Hall–Kier alpha value is -1.60. The lowest BCUT2D eigenvalue weighted by Crippen LogP contribution is -2.28. The molecule has 0 aliphatic carbocycles. The van der Waals surface area contributed by atoms with Gasteiger partial charge < -0.3 is 10.6 Å². The topological polar surface area (TPSA) is 66.9 Å². The van der Waals surface area contributed by atoms with Crippen LogP contribution < -0.4 is 10.6 Å². The molecule has 2 N–H and O–H groups in total. The highest BCUT2D eigenvalue weighted by molar-refractivity contribution is 8.01. The summed E-state index contributed by atoms with van der Waals surface area (Å²) in [6.45, 7) is 7.13. The van der Waals surface area contributed by atoms with Crippen LogP contribution in [0.25, 0.3) is 0 Å². The predicted molar refractivity (Wildman–Crippen MR) is 97.0 cm³/mol. The lowest BCUT2D eigenvalue weighted by Gasteiger charge is -2.13. The van der Waals surface area contributed by atoms with Gasteiger partial charge in [0.1, 0.15) is 0 Å². The van der Waals surface area contributed by atoms with Gasteiger partial charge in [-0.15, -0.1) is 10.2 Å². The minimum absolute atomic E-state index is 0.00163. The highest BCUT2D eigenvalue weighted by Crippen LogP contribution is 2.25. The number of rotatable bonds is 8. The van der Waals surface area contributed by atoms with E-state index in [9.17, 15) is 4.79 Å². The highest BCUT2D eigenvalue weighted by atomic mass is 32.2. The lowest BCUT2D eigenvalue weighted by molar-refractivity contribution is -0.119. The van der Waals surface area contributed by atoms with E-state index >= 15 is 0 Å². The maximum Gasteiger partial charge on any atom is 0.230 e. The molecule has 1 aromatic heterocycles. The van der Waals surface area contributed by atoms with Gasteiger partial charge in [-0.1, -0.05) is 67.3 Å². The number of thioether (sulfide) groups is 1. The fraction of sp³-hybridized carbons (Fsp3) is 0.438. The minimum atomic E-state index is -0.00163. The SMILES string of the molecule is CC(C)CNc1nnc(SCC(=O)N[C@H](C)c2ccccc2)s1. The van der Waals surface area contributed by atoms with Crippen LogP contribution >= 0.6 is 23.1 Å². The predicted octanol–water partition coefficient (Wildman–Crippen LogP) is 3.58. The number of benzene rings is 1. The molecule has 1 atom stereocenters. The van der Waals surface area contributed by atoms with Gasteiger partial charge in [0, 0.05) is 6.54 Å². The summed E-state index contributed by atoms with van der Waals surface area (Å²) in [6.07, 6.45) is 0. The third-order valence-electron chi connectivity index (χ3n) is 3.07. The Labute approximate surface area is 145 Å². The first kappa shape index (κ1) is 17.7. The second kappa shape index (κ2) is 8.88. The van der Waals surface area contributed by atoms with Crippen molar-refractivity contribution in [3.63, 3.8) is 0 Å². The van der Waals surface area contributed by atoms with Crippen LogP contribution in [-0.2, 0) is 4.79 Å². The van der Waals surface area contributed by atoms with Crippen LogP contribution in [0.1, 0.15) is 32.4 Å². The van der Waals surface area contributed by atoms with Gasteiger partial charge in [0.25, 0.3) is 0 Å². The van der Waals surface area contributed by atoms with E-state index in [2.05, 4.69) is 34.7 Å². The van der Waals surface area contributed by atoms with Crippen LogP contribution in [0.15, 0.2) is 34.7 Å². The van der Waals surface area contributed by atoms with Crippen molar-refractivity contribution >= 4 is 34.1 Å². The summed E-state index contributed by atoms with van der Waals surface area (Å²) < 4.78 is 0.804. The number of carbonyl (C=O) groups is 1. The Morgan fingerprint density at radius 3 is 2.65 bits per heavy atom. The zero-order chi connectivity index (χ0) is 16.7. The van der Waals surface area contributed by atoms with E-state index in [-0.39, 0.29) is 11.9 Å². The second-order valence-corrected chi connectivity index (χ2v) is 7.84. The maximum atomic E-state index is 12.0. The zero-order valence-electron chi connectivity index (χ0n) is 13.6. The molecule has 2 aromatic rings. The molecular weight excluding hydrogens is 328 g/mol. The molecule has 0 unspecified atom stereocenters. The van der Waals surface area contributed by atoms with Crippen molar-refractivity contribution in [1.82, 2.24) is 15.5 Å². The van der Waals surface area contributed by atoms with Gasteiger partial charge in [-0.3, -0.25) is 4.79 Å². The number of anilines is 1. The first-order valence-corrected chi connectivity index (χ1v) is 9.39. The molecule has 1 heterocycles. The van der Waals surface area contributed by atoms with Crippen molar-refractivity contribution in [1.29, 1.82) is 0 Å². The Bertz CT molecular complexity index is 616. The summed E-state index contributed by atoms with van der Waals surface area (Å²) in [7, 11) is 0. The Morgan fingerprint density at radius 1 is 1.22 bits per heavy atom. The maximum absolute atomic E-state index is 12.0. The fourth-order valence-electron chi connectivity index (χ4n) is 1.87. The average molecular weight is 351 g/mol. The molecule has 1 aromatic carbocycles. The van der Waals surface area contributed by atoms with Gasteiger partial charge in [0.05, 0.1) is 11.8 Å². The third kappa shape index (κ3) is 6.19. The van der Waals surface area contributed by atoms with Gasteiger partial charge in [0.2, 0.25) is 11.0 Å². The van der Waals surface area contributed by atoms with Gasteiger partial charge >= 0.3 is 0 Å². The molecule has 2 rings (SSSR count). The minimum Gasteiger partial charge on any atom is -0.360 e. The molecule has 0 spiro atoms. The molecule has 0 saturated carbocycles. The van der Waals surface area contributed by atoms with Crippen LogP contribution in [-0.4, -0.2) is 28.4 Å². The molecule has 0 bridgehead atoms. The highest BCUT2D eigenvalue weighted by Gasteiger charge is 2.11. The summed E-state index contributed by atoms with van der Waals surface area (Å²) in [5.41, 5.74) is 1.10. The molecule has 0 fully saturated rings. The van der Waals surface area contributed by atoms with Crippen molar-refractivity contribution in [2.75, 3.05) is 17.6 Å². The summed E-state index contributed by atoms with van der Waals surface area (Å²) >= 11 is 2.90. The summed E-state index contributed by atoms with van der Waals surface area (Å²) in [4.78, 5) is 12.0. The van der Waals surface area contributed by atoms with Crippen LogP contribution in [0.2, 0.25) is 0 Å². The van der Waals surface area contributed by atoms with Crippen LogP contribution in [0.5, 0.6) is 0 Å². The number of nitrogens with zero attached hydrogens (tertiary/aromatic N) is 2. The number of hydrogen-bond acceptors (Lipinski definition) is 6. The average Bonchev–Trinajstić information content (AvgIpc) is 3.00. The standard InChI is InChI=1S/C16H22N4OS2/c1-11(2)9-17-15-19-20-16(23-15)22-10-14(21)18-12(3)13-7-5-4-6-8-13/h4-8,11-12H,9-10H2,1-3H3,(H,17,19)(H,18,21)/t12-/m1/s1. The Balaban J connectivity index is 1.76. The molecule has 0 radical (unpaired) electrons. The van der Waals surface area contributed by atoms with Crippen molar-refractivity contribution in [2.45, 2.75) is 31.2 Å². The first-order valence-electron chi connectivity index (χ1n) is 7.59. The van der Waals surface area contributed by atoms with Crippen molar-refractivity contribution in [2.24, 2.45) is 5.92 Å². The Kier molecular flexibility index (Phi) is 6.85. The van der Waals surface area contributed by atoms with E-state index in [0.717, 1.165) is 21.6 Å². The largest absolute Gasteiger partial charge is 0.360 e. The number of nitrogens with one attached hydrogen (secondary N) is 2. The normalized spacial score (nSPS) is 12.2. The molecule has 1 amide bonds. The molecular formula is C16H22N4OS2. The van der Waals surface area contributed by atoms with E-state index in [4.69, 9.17) is 0 Å². The van der Waals surface area contributed by atoms with Gasteiger partial charge in [-0.2, -0.15) is 0 Å². The molecule has 0 aliphatic rings. The molecule has 124 valence electrons. The fourth-order valence-corrected chi connectivity index (χ4v) is 3.44. The summed E-state index contributed by atoms with van der Waals surface area (Å²) in [5, 5.41) is 15.2. The molecule has 23 heavy (non-hydrogen) atoms. The van der Waals surface area contributed by atoms with Crippen LogP contribution in [0.3, 0.4) is 0 Å². The summed E-state index contributed by atoms with van der Waals surface area (Å²) in [6, 6.07) is 9.93. The lowest BCUT2D eigenvalue weighted by atomic mass is 10.1. The quantitative estimate of drug-likeness (QED) is 0.712. The van der Waals surface area contributed by atoms with Gasteiger partial charge in [-0.05, 0) is 18.4 Å². The van der Waals surface area contributed by atoms with E-state index in [1.165, 1.54) is 23.1 Å². The number of carbonyl (C=O) groups excluding carboxylic acids is 1. The molecule has 0 aliphatic heterocycles. The number of hydrogen-bond donors (Lipinski definition) is 2. The molecule has 0 saturated heterocycles.